The van der Waals surface area contributed by atoms with Gasteiger partial charge in [-0.15, -0.1) is 0 Å². The SMILES string of the molecule is CCC(COC)NCC(C(N)=NO)c1ccccc1. The third kappa shape index (κ3) is 4.89. The largest absolute Gasteiger partial charge is 0.409 e. The summed E-state index contributed by atoms with van der Waals surface area (Å²) < 4.78 is 5.15. The first-order valence-corrected chi connectivity index (χ1v) is 6.47. The van der Waals surface area contributed by atoms with Gasteiger partial charge in [-0.2, -0.15) is 0 Å². The van der Waals surface area contributed by atoms with E-state index in [1.807, 2.05) is 30.3 Å². The van der Waals surface area contributed by atoms with Gasteiger partial charge in [-0.05, 0) is 12.0 Å². The normalized spacial score (nSPS) is 15.2. The Labute approximate surface area is 114 Å². The molecule has 0 bridgehead atoms. The van der Waals surface area contributed by atoms with Gasteiger partial charge < -0.3 is 21.0 Å². The highest BCUT2D eigenvalue weighted by Crippen LogP contribution is 2.15. The summed E-state index contributed by atoms with van der Waals surface area (Å²) in [6, 6.07) is 10.0. The zero-order chi connectivity index (χ0) is 14.1. The van der Waals surface area contributed by atoms with Crippen LogP contribution in [0.3, 0.4) is 0 Å². The highest BCUT2D eigenvalue weighted by Gasteiger charge is 2.17. The fourth-order valence-corrected chi connectivity index (χ4v) is 1.96. The first kappa shape index (κ1) is 15.5. The zero-order valence-electron chi connectivity index (χ0n) is 11.5. The molecule has 0 aliphatic carbocycles. The summed E-state index contributed by atoms with van der Waals surface area (Å²) in [6.07, 6.45) is 0.964. The van der Waals surface area contributed by atoms with Gasteiger partial charge in [0.1, 0.15) is 5.84 Å². The summed E-state index contributed by atoms with van der Waals surface area (Å²) >= 11 is 0. The average molecular weight is 265 g/mol. The van der Waals surface area contributed by atoms with Crippen LogP contribution in [0, 0.1) is 0 Å². The summed E-state index contributed by atoms with van der Waals surface area (Å²) in [5, 5.41) is 15.4. The zero-order valence-corrected chi connectivity index (χ0v) is 11.5. The molecule has 5 heteroatoms. The molecule has 0 saturated carbocycles. The summed E-state index contributed by atoms with van der Waals surface area (Å²) in [6.45, 7) is 3.35. The number of benzene rings is 1. The van der Waals surface area contributed by atoms with E-state index in [-0.39, 0.29) is 17.8 Å². The van der Waals surface area contributed by atoms with Gasteiger partial charge in [0.05, 0.1) is 12.5 Å². The lowest BCUT2D eigenvalue weighted by Gasteiger charge is -2.21. The number of hydrogen-bond acceptors (Lipinski definition) is 4. The summed E-state index contributed by atoms with van der Waals surface area (Å²) in [7, 11) is 1.68. The predicted octanol–water partition coefficient (Wildman–Crippen LogP) is 1.53. The first-order valence-electron chi connectivity index (χ1n) is 6.47. The van der Waals surface area contributed by atoms with Crippen LogP contribution >= 0.6 is 0 Å². The van der Waals surface area contributed by atoms with Crippen LogP contribution in [0.1, 0.15) is 24.8 Å². The minimum absolute atomic E-state index is 0.142. The Bertz CT molecular complexity index is 382. The second kappa shape index (κ2) is 8.50. The minimum Gasteiger partial charge on any atom is -0.409 e. The Morgan fingerprint density at radius 2 is 2.11 bits per heavy atom. The molecule has 2 unspecified atom stereocenters. The van der Waals surface area contributed by atoms with Crippen molar-refractivity contribution >= 4 is 5.84 Å². The Morgan fingerprint density at radius 1 is 1.42 bits per heavy atom. The van der Waals surface area contributed by atoms with E-state index in [2.05, 4.69) is 17.4 Å². The molecule has 0 aliphatic rings. The van der Waals surface area contributed by atoms with Crippen molar-refractivity contribution in [3.63, 3.8) is 0 Å². The number of hydrogen-bond donors (Lipinski definition) is 3. The van der Waals surface area contributed by atoms with Crippen LogP contribution < -0.4 is 11.1 Å². The maximum atomic E-state index is 8.90. The van der Waals surface area contributed by atoms with Gasteiger partial charge in [0.2, 0.25) is 0 Å². The average Bonchev–Trinajstić information content (AvgIpc) is 2.47. The summed E-state index contributed by atoms with van der Waals surface area (Å²) in [5.74, 6) is 0.0723. The third-order valence-corrected chi connectivity index (χ3v) is 3.15. The van der Waals surface area contributed by atoms with E-state index in [4.69, 9.17) is 15.7 Å². The lowest BCUT2D eigenvalue weighted by atomic mass is 9.97. The Kier molecular flexibility index (Phi) is 6.92. The van der Waals surface area contributed by atoms with E-state index in [1.54, 1.807) is 7.11 Å². The molecule has 0 amide bonds. The van der Waals surface area contributed by atoms with E-state index in [0.717, 1.165) is 12.0 Å². The van der Waals surface area contributed by atoms with Crippen molar-refractivity contribution in [3.8, 4) is 0 Å². The van der Waals surface area contributed by atoms with Crippen molar-refractivity contribution < 1.29 is 9.94 Å². The Balaban J connectivity index is 2.71. The molecule has 0 spiro atoms. The molecule has 4 N–H and O–H groups in total. The van der Waals surface area contributed by atoms with Crippen molar-refractivity contribution in [1.82, 2.24) is 5.32 Å². The fraction of sp³-hybridized carbons (Fsp3) is 0.500. The van der Waals surface area contributed by atoms with Gasteiger partial charge in [0.25, 0.3) is 0 Å². The number of amidine groups is 1. The number of ether oxygens (including phenoxy) is 1. The lowest BCUT2D eigenvalue weighted by molar-refractivity contribution is 0.164. The van der Waals surface area contributed by atoms with E-state index in [1.165, 1.54) is 0 Å². The van der Waals surface area contributed by atoms with Crippen LogP contribution in [0.4, 0.5) is 0 Å². The molecule has 19 heavy (non-hydrogen) atoms. The van der Waals surface area contributed by atoms with Crippen molar-refractivity contribution in [2.75, 3.05) is 20.3 Å². The number of rotatable bonds is 8. The van der Waals surface area contributed by atoms with Crippen LogP contribution in [0.5, 0.6) is 0 Å². The number of nitrogens with zero attached hydrogens (tertiary/aromatic N) is 1. The molecule has 1 aromatic carbocycles. The quantitative estimate of drug-likeness (QED) is 0.288. The maximum Gasteiger partial charge on any atom is 0.147 e. The predicted molar refractivity (Wildman–Crippen MR) is 76.5 cm³/mol. The number of oxime groups is 1. The molecule has 0 aromatic heterocycles. The van der Waals surface area contributed by atoms with Gasteiger partial charge in [-0.25, -0.2) is 0 Å². The monoisotopic (exact) mass is 265 g/mol. The van der Waals surface area contributed by atoms with Crippen LogP contribution in [0.15, 0.2) is 35.5 Å². The van der Waals surface area contributed by atoms with Crippen molar-refractivity contribution in [2.45, 2.75) is 25.3 Å². The van der Waals surface area contributed by atoms with E-state index >= 15 is 0 Å². The van der Waals surface area contributed by atoms with Crippen molar-refractivity contribution in [1.29, 1.82) is 0 Å². The first-order chi connectivity index (χ1) is 9.22. The molecule has 106 valence electrons. The van der Waals surface area contributed by atoms with E-state index in [9.17, 15) is 0 Å². The van der Waals surface area contributed by atoms with Crippen LogP contribution in [0.2, 0.25) is 0 Å². The molecular formula is C14H23N3O2. The van der Waals surface area contributed by atoms with Gasteiger partial charge >= 0.3 is 0 Å². The fourth-order valence-electron chi connectivity index (χ4n) is 1.96. The number of nitrogens with one attached hydrogen (secondary N) is 1. The highest BCUT2D eigenvalue weighted by atomic mass is 16.5. The molecule has 2 atom stereocenters. The van der Waals surface area contributed by atoms with Crippen molar-refractivity contribution in [2.24, 2.45) is 10.9 Å². The Hall–Kier alpha value is -1.59. The van der Waals surface area contributed by atoms with E-state index in [0.29, 0.717) is 13.2 Å². The molecular weight excluding hydrogens is 242 g/mol. The molecule has 0 saturated heterocycles. The molecule has 0 heterocycles. The summed E-state index contributed by atoms with van der Waals surface area (Å²) in [4.78, 5) is 0. The van der Waals surface area contributed by atoms with Gasteiger partial charge in [0, 0.05) is 19.7 Å². The molecule has 0 fully saturated rings. The van der Waals surface area contributed by atoms with Crippen LogP contribution in [0.25, 0.3) is 0 Å². The number of nitrogens with two attached hydrogens (primary N) is 1. The minimum atomic E-state index is -0.142. The molecule has 0 aliphatic heterocycles. The van der Waals surface area contributed by atoms with Gasteiger partial charge in [0.15, 0.2) is 0 Å². The second-order valence-electron chi connectivity index (χ2n) is 4.46. The van der Waals surface area contributed by atoms with Gasteiger partial charge in [-0.1, -0.05) is 42.4 Å². The van der Waals surface area contributed by atoms with Crippen LogP contribution in [-0.4, -0.2) is 37.3 Å². The second-order valence-corrected chi connectivity index (χ2v) is 4.46. The topological polar surface area (TPSA) is 79.9 Å². The lowest BCUT2D eigenvalue weighted by Crippen LogP contribution is -2.39. The highest BCUT2D eigenvalue weighted by molar-refractivity contribution is 5.87. The third-order valence-electron chi connectivity index (χ3n) is 3.15. The maximum absolute atomic E-state index is 8.90. The molecule has 1 aromatic rings. The number of methoxy groups -OCH3 is 1. The van der Waals surface area contributed by atoms with Crippen LogP contribution in [-0.2, 0) is 4.74 Å². The van der Waals surface area contributed by atoms with E-state index < -0.39 is 0 Å². The standard InChI is InChI=1S/C14H23N3O2/c1-3-12(10-19-2)16-9-13(14(15)17-18)11-7-5-4-6-8-11/h4-8,12-13,16,18H,3,9-10H2,1-2H3,(H2,15,17). The smallest absolute Gasteiger partial charge is 0.147 e. The van der Waals surface area contributed by atoms with Gasteiger partial charge in [-0.3, -0.25) is 0 Å². The molecule has 5 nitrogen and oxygen atoms in total. The molecule has 0 radical (unpaired) electrons. The Morgan fingerprint density at radius 3 is 2.63 bits per heavy atom. The molecule has 1 rings (SSSR count). The summed E-state index contributed by atoms with van der Waals surface area (Å²) in [5.41, 5.74) is 6.81. The van der Waals surface area contributed by atoms with Crippen molar-refractivity contribution in [3.05, 3.63) is 35.9 Å².